The Morgan fingerprint density at radius 3 is 3.05 bits per heavy atom. The van der Waals surface area contributed by atoms with Crippen LogP contribution >= 0.6 is 0 Å². The summed E-state index contributed by atoms with van der Waals surface area (Å²) >= 11 is 0. The van der Waals surface area contributed by atoms with Gasteiger partial charge in [0, 0.05) is 19.8 Å². The van der Waals surface area contributed by atoms with Gasteiger partial charge in [0.1, 0.15) is 12.2 Å². The predicted octanol–water partition coefficient (Wildman–Crippen LogP) is 0.443. The number of aromatic nitrogens is 2. The summed E-state index contributed by atoms with van der Waals surface area (Å²) in [4.78, 5) is 24.9. The number of nitrogens with zero attached hydrogens (tertiary/aromatic N) is 3. The second-order valence-corrected chi connectivity index (χ2v) is 5.15. The molecule has 0 bridgehead atoms. The number of ether oxygens (including phenoxy) is 1. The van der Waals surface area contributed by atoms with Crippen LogP contribution in [-0.2, 0) is 9.53 Å². The van der Waals surface area contributed by atoms with E-state index in [-0.39, 0.29) is 18.5 Å². The quantitative estimate of drug-likeness (QED) is 0.798. The Labute approximate surface area is 124 Å². The van der Waals surface area contributed by atoms with Crippen molar-refractivity contribution in [3.63, 3.8) is 0 Å². The first-order valence-corrected chi connectivity index (χ1v) is 7.28. The molecule has 1 atom stereocenters. The molecule has 1 unspecified atom stereocenters. The average molecular weight is 294 g/mol. The first-order chi connectivity index (χ1) is 10.1. The topological polar surface area (TPSA) is 76.5 Å². The molecule has 1 aliphatic heterocycles. The van der Waals surface area contributed by atoms with E-state index in [9.17, 15) is 9.59 Å². The second-order valence-electron chi connectivity index (χ2n) is 5.15. The fraction of sp³-hybridized carbons (Fsp3) is 0.643. The highest BCUT2D eigenvalue weighted by molar-refractivity contribution is 5.94. The van der Waals surface area contributed by atoms with Crippen LogP contribution in [0.1, 0.15) is 36.3 Å². The summed E-state index contributed by atoms with van der Waals surface area (Å²) in [5.41, 5.74) is 0.354. The number of amides is 1. The van der Waals surface area contributed by atoms with Crippen LogP contribution in [0, 0.1) is 0 Å². The maximum absolute atomic E-state index is 12.2. The molecule has 1 amide bonds. The lowest BCUT2D eigenvalue weighted by atomic mass is 10.1. The molecular formula is C14H22N4O3. The van der Waals surface area contributed by atoms with Gasteiger partial charge in [-0.2, -0.15) is 5.10 Å². The van der Waals surface area contributed by atoms with E-state index in [1.165, 1.54) is 4.90 Å². The Balaban J connectivity index is 1.96. The molecule has 1 fully saturated rings. The van der Waals surface area contributed by atoms with E-state index in [1.807, 2.05) is 10.9 Å². The highest BCUT2D eigenvalue weighted by Gasteiger charge is 2.20. The van der Waals surface area contributed by atoms with E-state index in [0.29, 0.717) is 12.3 Å². The number of carbonyl (C=O) groups excluding carboxylic acids is 2. The molecule has 0 aliphatic carbocycles. The van der Waals surface area contributed by atoms with E-state index in [0.717, 1.165) is 25.9 Å². The summed E-state index contributed by atoms with van der Waals surface area (Å²) in [5.74, 6) is -0.685. The third kappa shape index (κ3) is 4.04. The number of hydrogen-bond donors (Lipinski definition) is 1. The van der Waals surface area contributed by atoms with E-state index >= 15 is 0 Å². The predicted molar refractivity (Wildman–Crippen MR) is 77.0 cm³/mol. The molecule has 7 nitrogen and oxygen atoms in total. The lowest BCUT2D eigenvalue weighted by molar-refractivity contribution is -0.143. The third-order valence-electron chi connectivity index (χ3n) is 3.49. The van der Waals surface area contributed by atoms with Crippen LogP contribution in [0.4, 0.5) is 0 Å². The summed E-state index contributed by atoms with van der Waals surface area (Å²) in [6, 6.07) is 1.98. The Kier molecular flexibility index (Phi) is 5.32. The molecule has 7 heteroatoms. The van der Waals surface area contributed by atoms with Gasteiger partial charge in [0.05, 0.1) is 12.6 Å². The maximum Gasteiger partial charge on any atom is 0.325 e. The van der Waals surface area contributed by atoms with Crippen molar-refractivity contribution >= 4 is 11.9 Å². The number of likely N-dealkylation sites (N-methyl/N-ethyl adjacent to an activating group) is 1. The van der Waals surface area contributed by atoms with Crippen LogP contribution in [0.2, 0.25) is 0 Å². The van der Waals surface area contributed by atoms with Crippen LogP contribution in [0.5, 0.6) is 0 Å². The van der Waals surface area contributed by atoms with Crippen LogP contribution in [0.3, 0.4) is 0 Å². The SMILES string of the molecule is CCOC(=O)CN(C)C(=O)c1ccn(C2CCCNC2)n1. The zero-order valence-corrected chi connectivity index (χ0v) is 12.5. The van der Waals surface area contributed by atoms with E-state index in [4.69, 9.17) is 4.74 Å². The minimum Gasteiger partial charge on any atom is -0.465 e. The van der Waals surface area contributed by atoms with Gasteiger partial charge >= 0.3 is 5.97 Å². The Bertz CT molecular complexity index is 494. The number of hydrogen-bond acceptors (Lipinski definition) is 5. The fourth-order valence-electron chi connectivity index (χ4n) is 2.38. The van der Waals surface area contributed by atoms with Crippen LogP contribution < -0.4 is 5.32 Å². The van der Waals surface area contributed by atoms with Gasteiger partial charge in [-0.05, 0) is 32.4 Å². The fourth-order valence-corrected chi connectivity index (χ4v) is 2.38. The van der Waals surface area contributed by atoms with Gasteiger partial charge < -0.3 is 15.0 Å². The highest BCUT2D eigenvalue weighted by Crippen LogP contribution is 2.16. The van der Waals surface area contributed by atoms with Gasteiger partial charge in [-0.1, -0.05) is 0 Å². The van der Waals surface area contributed by atoms with Gasteiger partial charge in [-0.3, -0.25) is 14.3 Å². The summed E-state index contributed by atoms with van der Waals surface area (Å²) in [5, 5.41) is 7.66. The van der Waals surface area contributed by atoms with Crippen molar-refractivity contribution < 1.29 is 14.3 Å². The van der Waals surface area contributed by atoms with Crippen LogP contribution in [0.15, 0.2) is 12.3 Å². The standard InChI is InChI=1S/C14H22N4O3/c1-3-21-13(19)10-17(2)14(20)12-6-8-18(16-12)11-5-4-7-15-9-11/h6,8,11,15H,3-5,7,9-10H2,1-2H3. The maximum atomic E-state index is 12.2. The number of piperidine rings is 1. The lowest BCUT2D eigenvalue weighted by Gasteiger charge is -2.23. The van der Waals surface area contributed by atoms with Gasteiger partial charge in [-0.25, -0.2) is 0 Å². The molecule has 2 heterocycles. The van der Waals surface area contributed by atoms with Crippen molar-refractivity contribution in [2.75, 3.05) is 33.3 Å². The van der Waals surface area contributed by atoms with Crippen molar-refractivity contribution in [3.8, 4) is 0 Å². The molecule has 1 aromatic heterocycles. The van der Waals surface area contributed by atoms with Crippen LogP contribution in [-0.4, -0.2) is 59.8 Å². The van der Waals surface area contributed by atoms with Crippen molar-refractivity contribution in [1.29, 1.82) is 0 Å². The first-order valence-electron chi connectivity index (χ1n) is 7.28. The molecule has 1 saturated heterocycles. The number of nitrogens with one attached hydrogen (secondary N) is 1. The van der Waals surface area contributed by atoms with Crippen molar-refractivity contribution in [3.05, 3.63) is 18.0 Å². The summed E-state index contributed by atoms with van der Waals surface area (Å²) in [7, 11) is 1.57. The Hall–Kier alpha value is -1.89. The molecule has 0 saturated carbocycles. The lowest BCUT2D eigenvalue weighted by Crippen LogP contribution is -2.34. The zero-order chi connectivity index (χ0) is 15.2. The van der Waals surface area contributed by atoms with E-state index in [2.05, 4.69) is 10.4 Å². The Morgan fingerprint density at radius 1 is 1.57 bits per heavy atom. The first kappa shape index (κ1) is 15.5. The minimum atomic E-state index is -0.413. The van der Waals surface area contributed by atoms with E-state index in [1.54, 1.807) is 20.0 Å². The molecule has 1 N–H and O–H groups in total. The monoisotopic (exact) mass is 294 g/mol. The number of esters is 1. The van der Waals surface area contributed by atoms with Crippen LogP contribution in [0.25, 0.3) is 0 Å². The molecule has 0 aromatic carbocycles. The molecule has 116 valence electrons. The number of carbonyl (C=O) groups is 2. The molecule has 1 aromatic rings. The normalized spacial score (nSPS) is 18.3. The number of rotatable bonds is 5. The van der Waals surface area contributed by atoms with E-state index < -0.39 is 5.97 Å². The summed E-state index contributed by atoms with van der Waals surface area (Å²) in [6.07, 6.45) is 3.99. The summed E-state index contributed by atoms with van der Waals surface area (Å²) in [6.45, 7) is 3.88. The smallest absolute Gasteiger partial charge is 0.325 e. The average Bonchev–Trinajstić information content (AvgIpc) is 2.97. The van der Waals surface area contributed by atoms with Gasteiger partial charge in [0.25, 0.3) is 5.91 Å². The van der Waals surface area contributed by atoms with Crippen molar-refractivity contribution in [2.24, 2.45) is 0 Å². The Morgan fingerprint density at radius 2 is 2.38 bits per heavy atom. The second kappa shape index (κ2) is 7.21. The van der Waals surface area contributed by atoms with Gasteiger partial charge in [0.2, 0.25) is 0 Å². The molecular weight excluding hydrogens is 272 g/mol. The molecule has 0 radical (unpaired) electrons. The molecule has 21 heavy (non-hydrogen) atoms. The highest BCUT2D eigenvalue weighted by atomic mass is 16.5. The zero-order valence-electron chi connectivity index (χ0n) is 12.5. The van der Waals surface area contributed by atoms with Gasteiger partial charge in [0.15, 0.2) is 0 Å². The molecule has 0 spiro atoms. The van der Waals surface area contributed by atoms with Crippen molar-refractivity contribution in [1.82, 2.24) is 20.0 Å². The minimum absolute atomic E-state index is 0.0650. The largest absolute Gasteiger partial charge is 0.465 e. The van der Waals surface area contributed by atoms with Gasteiger partial charge in [-0.15, -0.1) is 0 Å². The molecule has 2 rings (SSSR count). The third-order valence-corrected chi connectivity index (χ3v) is 3.49. The summed E-state index contributed by atoms with van der Waals surface area (Å²) < 4.78 is 6.66. The molecule has 1 aliphatic rings. The van der Waals surface area contributed by atoms with Crippen molar-refractivity contribution in [2.45, 2.75) is 25.8 Å².